The van der Waals surface area contributed by atoms with Crippen LogP contribution in [-0.2, 0) is 11.2 Å². The molecule has 3 aromatic rings. The lowest BCUT2D eigenvalue weighted by atomic mass is 10.1. The zero-order valence-electron chi connectivity index (χ0n) is 14.9. The second-order valence-corrected chi connectivity index (χ2v) is 6.01. The van der Waals surface area contributed by atoms with Crippen LogP contribution in [0.15, 0.2) is 61.2 Å². The van der Waals surface area contributed by atoms with E-state index in [1.165, 1.54) is 11.9 Å². The van der Waals surface area contributed by atoms with Crippen LogP contribution in [0, 0.1) is 0 Å². The fourth-order valence-corrected chi connectivity index (χ4v) is 2.63. The Labute approximate surface area is 152 Å². The molecule has 3 rings (SSSR count). The molecule has 1 heterocycles. The number of carbonyl (C=O) groups excluding carboxylic acids is 1. The van der Waals surface area contributed by atoms with Crippen molar-refractivity contribution in [2.75, 3.05) is 6.61 Å². The van der Waals surface area contributed by atoms with E-state index in [0.29, 0.717) is 5.75 Å². The van der Waals surface area contributed by atoms with Gasteiger partial charge in [0.1, 0.15) is 18.4 Å². The largest absolute Gasteiger partial charge is 0.484 e. The third kappa shape index (κ3) is 4.47. The molecule has 0 radical (unpaired) electrons. The molecule has 1 amide bonds. The Kier molecular flexibility index (Phi) is 5.63. The summed E-state index contributed by atoms with van der Waals surface area (Å²) in [4.78, 5) is 16.1. The standard InChI is InChI=1S/C20H22N4O2/c1-3-16-5-4-6-19(11-16)26-12-20(25)23-15(2)17-7-9-18(10-8-17)24-14-21-13-22-24/h4-11,13-15H,3,12H2,1-2H3,(H,23,25). The molecular formula is C20H22N4O2. The van der Waals surface area contributed by atoms with Gasteiger partial charge in [0.15, 0.2) is 6.61 Å². The van der Waals surface area contributed by atoms with Crippen molar-refractivity contribution in [1.82, 2.24) is 20.1 Å². The quantitative estimate of drug-likeness (QED) is 0.711. The van der Waals surface area contributed by atoms with Gasteiger partial charge in [0.2, 0.25) is 0 Å². The molecule has 0 saturated heterocycles. The number of nitrogens with one attached hydrogen (secondary N) is 1. The fraction of sp³-hybridized carbons (Fsp3) is 0.250. The summed E-state index contributed by atoms with van der Waals surface area (Å²) in [5, 5.41) is 7.04. The highest BCUT2D eigenvalue weighted by atomic mass is 16.5. The first-order chi connectivity index (χ1) is 12.7. The first-order valence-electron chi connectivity index (χ1n) is 8.61. The number of aromatic nitrogens is 3. The van der Waals surface area contributed by atoms with Gasteiger partial charge in [-0.2, -0.15) is 5.10 Å². The molecule has 134 valence electrons. The second kappa shape index (κ2) is 8.29. The van der Waals surface area contributed by atoms with Crippen LogP contribution in [0.1, 0.15) is 31.0 Å². The van der Waals surface area contributed by atoms with Gasteiger partial charge in [-0.1, -0.05) is 31.2 Å². The third-order valence-electron chi connectivity index (χ3n) is 4.13. The minimum absolute atomic E-state index is 0.00541. The lowest BCUT2D eigenvalue weighted by Crippen LogP contribution is -2.31. The molecule has 0 bridgehead atoms. The van der Waals surface area contributed by atoms with Crippen LogP contribution in [0.5, 0.6) is 5.75 Å². The van der Waals surface area contributed by atoms with Crippen molar-refractivity contribution >= 4 is 5.91 Å². The van der Waals surface area contributed by atoms with Crippen LogP contribution in [0.4, 0.5) is 0 Å². The van der Waals surface area contributed by atoms with Gasteiger partial charge < -0.3 is 10.1 Å². The average Bonchev–Trinajstić information content (AvgIpc) is 3.21. The van der Waals surface area contributed by atoms with Gasteiger partial charge in [0.25, 0.3) is 5.91 Å². The maximum absolute atomic E-state index is 12.1. The van der Waals surface area contributed by atoms with Gasteiger partial charge in [-0.15, -0.1) is 0 Å². The number of aryl methyl sites for hydroxylation is 1. The predicted octanol–water partition coefficient (Wildman–Crippen LogP) is 3.09. The summed E-state index contributed by atoms with van der Waals surface area (Å²) in [6.45, 7) is 4.02. The number of hydrogen-bond acceptors (Lipinski definition) is 4. The van der Waals surface area contributed by atoms with E-state index in [9.17, 15) is 4.79 Å². The number of ether oxygens (including phenoxy) is 1. The maximum atomic E-state index is 12.1. The zero-order valence-corrected chi connectivity index (χ0v) is 14.9. The number of hydrogen-bond donors (Lipinski definition) is 1. The van der Waals surface area contributed by atoms with Gasteiger partial charge in [-0.3, -0.25) is 4.79 Å². The van der Waals surface area contributed by atoms with Crippen molar-refractivity contribution in [1.29, 1.82) is 0 Å². The third-order valence-corrected chi connectivity index (χ3v) is 4.13. The molecule has 1 atom stereocenters. The zero-order chi connectivity index (χ0) is 18.4. The second-order valence-electron chi connectivity index (χ2n) is 6.01. The molecule has 0 spiro atoms. The van der Waals surface area contributed by atoms with Gasteiger partial charge in [0.05, 0.1) is 11.7 Å². The van der Waals surface area contributed by atoms with Crippen LogP contribution in [0.25, 0.3) is 5.69 Å². The van der Waals surface area contributed by atoms with Crippen LogP contribution >= 0.6 is 0 Å². The molecule has 2 aromatic carbocycles. The van der Waals surface area contributed by atoms with E-state index in [-0.39, 0.29) is 18.6 Å². The van der Waals surface area contributed by atoms with Crippen molar-refractivity contribution in [3.63, 3.8) is 0 Å². The van der Waals surface area contributed by atoms with E-state index < -0.39 is 0 Å². The molecule has 6 heteroatoms. The Balaban J connectivity index is 1.53. The highest BCUT2D eigenvalue weighted by Gasteiger charge is 2.10. The summed E-state index contributed by atoms with van der Waals surface area (Å²) in [5.74, 6) is 0.559. The van der Waals surface area contributed by atoms with Crippen LogP contribution < -0.4 is 10.1 Å². The summed E-state index contributed by atoms with van der Waals surface area (Å²) in [5.41, 5.74) is 3.11. The van der Waals surface area contributed by atoms with Crippen molar-refractivity contribution in [3.8, 4) is 11.4 Å². The molecule has 1 N–H and O–H groups in total. The topological polar surface area (TPSA) is 69.0 Å². The van der Waals surface area contributed by atoms with E-state index in [2.05, 4.69) is 22.3 Å². The number of amides is 1. The Morgan fingerprint density at radius 1 is 1.23 bits per heavy atom. The molecule has 0 aliphatic heterocycles. The fourth-order valence-electron chi connectivity index (χ4n) is 2.63. The van der Waals surface area contributed by atoms with E-state index in [0.717, 1.165) is 17.7 Å². The van der Waals surface area contributed by atoms with E-state index in [4.69, 9.17) is 4.74 Å². The summed E-state index contributed by atoms with van der Waals surface area (Å²) in [6.07, 6.45) is 4.07. The smallest absolute Gasteiger partial charge is 0.258 e. The SMILES string of the molecule is CCc1cccc(OCC(=O)NC(C)c2ccc(-n3cncn3)cc2)c1. The monoisotopic (exact) mass is 350 g/mol. The molecule has 26 heavy (non-hydrogen) atoms. The van der Waals surface area contributed by atoms with Crippen LogP contribution in [0.2, 0.25) is 0 Å². The summed E-state index contributed by atoms with van der Waals surface area (Å²) in [7, 11) is 0. The van der Waals surface area contributed by atoms with Gasteiger partial charge in [0, 0.05) is 0 Å². The Bertz CT molecular complexity index is 845. The van der Waals surface area contributed by atoms with Gasteiger partial charge >= 0.3 is 0 Å². The molecule has 0 aliphatic carbocycles. The van der Waals surface area contributed by atoms with Crippen molar-refractivity contribution in [2.45, 2.75) is 26.3 Å². The number of rotatable bonds is 7. The maximum Gasteiger partial charge on any atom is 0.258 e. The molecule has 6 nitrogen and oxygen atoms in total. The average molecular weight is 350 g/mol. The molecule has 0 fully saturated rings. The van der Waals surface area contributed by atoms with E-state index in [1.54, 1.807) is 11.0 Å². The number of benzene rings is 2. The van der Waals surface area contributed by atoms with Crippen molar-refractivity contribution < 1.29 is 9.53 Å². The van der Waals surface area contributed by atoms with Crippen molar-refractivity contribution in [2.24, 2.45) is 0 Å². The number of nitrogens with zero attached hydrogens (tertiary/aromatic N) is 3. The van der Waals surface area contributed by atoms with Crippen LogP contribution in [0.3, 0.4) is 0 Å². The van der Waals surface area contributed by atoms with Crippen molar-refractivity contribution in [3.05, 3.63) is 72.3 Å². The predicted molar refractivity (Wildman–Crippen MR) is 99.2 cm³/mol. The molecular weight excluding hydrogens is 328 g/mol. The Hall–Kier alpha value is -3.15. The normalized spacial score (nSPS) is 11.8. The Morgan fingerprint density at radius 3 is 2.73 bits per heavy atom. The summed E-state index contributed by atoms with van der Waals surface area (Å²) >= 11 is 0. The minimum atomic E-state index is -0.153. The summed E-state index contributed by atoms with van der Waals surface area (Å²) < 4.78 is 7.27. The molecule has 0 aliphatic rings. The van der Waals surface area contributed by atoms with E-state index >= 15 is 0 Å². The van der Waals surface area contributed by atoms with Crippen LogP contribution in [-0.4, -0.2) is 27.3 Å². The van der Waals surface area contributed by atoms with Gasteiger partial charge in [-0.25, -0.2) is 9.67 Å². The molecule has 0 saturated carbocycles. The summed E-state index contributed by atoms with van der Waals surface area (Å²) in [6, 6.07) is 15.5. The highest BCUT2D eigenvalue weighted by Crippen LogP contribution is 2.16. The number of carbonyl (C=O) groups is 1. The molecule has 1 aromatic heterocycles. The lowest BCUT2D eigenvalue weighted by Gasteiger charge is -2.15. The first-order valence-corrected chi connectivity index (χ1v) is 8.61. The highest BCUT2D eigenvalue weighted by molar-refractivity contribution is 5.78. The van der Waals surface area contributed by atoms with E-state index in [1.807, 2.05) is 55.5 Å². The lowest BCUT2D eigenvalue weighted by molar-refractivity contribution is -0.123. The minimum Gasteiger partial charge on any atom is -0.484 e. The van der Waals surface area contributed by atoms with Gasteiger partial charge in [-0.05, 0) is 48.7 Å². The Morgan fingerprint density at radius 2 is 2.04 bits per heavy atom. The molecule has 1 unspecified atom stereocenters. The first kappa shape index (κ1) is 17.7.